The van der Waals surface area contributed by atoms with Crippen LogP contribution in [-0.4, -0.2) is 36.5 Å². The average Bonchev–Trinajstić information content (AvgIpc) is 2.64. The highest BCUT2D eigenvalue weighted by Crippen LogP contribution is 2.28. The van der Waals surface area contributed by atoms with Gasteiger partial charge in [0.15, 0.2) is 0 Å². The summed E-state index contributed by atoms with van der Waals surface area (Å²) >= 11 is 5.92. The molecular formula is C22H25ClN2O2. The number of likely N-dealkylation sites (tertiary alicyclic amines) is 1. The highest BCUT2D eigenvalue weighted by molar-refractivity contribution is 6.30. The number of unbranched alkanes of at least 4 members (excludes halogenated alkanes) is 1. The average molecular weight is 385 g/mol. The van der Waals surface area contributed by atoms with Crippen molar-refractivity contribution < 1.29 is 9.53 Å². The number of ether oxygens (including phenoxy) is 1. The number of rotatable bonds is 7. The van der Waals surface area contributed by atoms with E-state index in [0.29, 0.717) is 6.42 Å². The highest BCUT2D eigenvalue weighted by Gasteiger charge is 2.28. The number of nitrogens with one attached hydrogen (secondary N) is 1. The van der Waals surface area contributed by atoms with Gasteiger partial charge in [-0.05, 0) is 73.7 Å². The first kappa shape index (κ1) is 18.3. The zero-order chi connectivity index (χ0) is 18.6. The fourth-order valence-electron chi connectivity index (χ4n) is 3.72. The molecule has 4 nitrogen and oxygen atoms in total. The van der Waals surface area contributed by atoms with E-state index < -0.39 is 0 Å². The summed E-state index contributed by atoms with van der Waals surface area (Å²) in [5.41, 5.74) is 3.45. The van der Waals surface area contributed by atoms with Crippen molar-refractivity contribution in [2.75, 3.05) is 25.0 Å². The van der Waals surface area contributed by atoms with Crippen LogP contribution in [0, 0.1) is 0 Å². The summed E-state index contributed by atoms with van der Waals surface area (Å²) in [5.74, 6) is 1.01. The minimum atomic E-state index is 0.0989. The van der Waals surface area contributed by atoms with E-state index in [9.17, 15) is 4.79 Å². The molecule has 5 heteroatoms. The minimum Gasteiger partial charge on any atom is -0.488 e. The largest absolute Gasteiger partial charge is 0.488 e. The summed E-state index contributed by atoms with van der Waals surface area (Å²) in [5, 5.41) is 3.71. The monoisotopic (exact) mass is 384 g/mol. The van der Waals surface area contributed by atoms with Gasteiger partial charge < -0.3 is 10.1 Å². The van der Waals surface area contributed by atoms with Crippen molar-refractivity contribution in [2.45, 2.75) is 38.2 Å². The van der Waals surface area contributed by atoms with Crippen LogP contribution in [0.5, 0.6) is 5.75 Å². The van der Waals surface area contributed by atoms with E-state index in [0.717, 1.165) is 48.9 Å². The van der Waals surface area contributed by atoms with Gasteiger partial charge in [0.25, 0.3) is 0 Å². The van der Waals surface area contributed by atoms with Crippen molar-refractivity contribution in [1.29, 1.82) is 0 Å². The third-order valence-corrected chi connectivity index (χ3v) is 5.55. The lowest BCUT2D eigenvalue weighted by atomic mass is 10.0. The van der Waals surface area contributed by atoms with Gasteiger partial charge in [0.2, 0.25) is 5.91 Å². The van der Waals surface area contributed by atoms with Gasteiger partial charge in [-0.1, -0.05) is 23.7 Å². The fraction of sp³-hybridized carbons (Fsp3) is 0.409. The van der Waals surface area contributed by atoms with Crippen LogP contribution in [0.25, 0.3) is 0 Å². The standard InChI is InChI=1S/C22H25ClN2O2/c23-18-7-4-16(5-8-18)3-1-2-12-25-14-20(15-25)27-19-9-10-21-17(13-19)6-11-22(26)24-21/h4-5,7-10,13,20H,1-3,6,11-12,14-15H2,(H,24,26). The Morgan fingerprint density at radius 2 is 1.89 bits per heavy atom. The number of halogens is 1. The topological polar surface area (TPSA) is 41.6 Å². The van der Waals surface area contributed by atoms with Gasteiger partial charge in [0.05, 0.1) is 0 Å². The maximum Gasteiger partial charge on any atom is 0.224 e. The van der Waals surface area contributed by atoms with Gasteiger partial charge in [-0.3, -0.25) is 9.69 Å². The number of aryl methyl sites for hydroxylation is 2. The van der Waals surface area contributed by atoms with Crippen LogP contribution in [0.3, 0.4) is 0 Å². The van der Waals surface area contributed by atoms with E-state index >= 15 is 0 Å². The van der Waals surface area contributed by atoms with E-state index in [1.54, 1.807) is 0 Å². The first-order valence-electron chi connectivity index (χ1n) is 9.72. The lowest BCUT2D eigenvalue weighted by Gasteiger charge is -2.39. The number of anilines is 1. The molecule has 1 N–H and O–H groups in total. The Balaban J connectivity index is 1.15. The van der Waals surface area contributed by atoms with Crippen molar-refractivity contribution >= 4 is 23.2 Å². The second-order valence-electron chi connectivity index (χ2n) is 7.45. The first-order valence-corrected chi connectivity index (χ1v) is 10.1. The van der Waals surface area contributed by atoms with E-state index in [4.69, 9.17) is 16.3 Å². The van der Waals surface area contributed by atoms with Crippen molar-refractivity contribution in [3.63, 3.8) is 0 Å². The molecule has 4 rings (SSSR count). The van der Waals surface area contributed by atoms with E-state index in [-0.39, 0.29) is 12.0 Å². The maximum absolute atomic E-state index is 11.4. The van der Waals surface area contributed by atoms with Crippen LogP contribution in [0.2, 0.25) is 5.02 Å². The molecule has 2 aromatic rings. The van der Waals surface area contributed by atoms with Crippen LogP contribution in [0.4, 0.5) is 5.69 Å². The van der Waals surface area contributed by atoms with Gasteiger partial charge in [0.1, 0.15) is 11.9 Å². The summed E-state index contributed by atoms with van der Waals surface area (Å²) in [7, 11) is 0. The Hall–Kier alpha value is -2.04. The predicted octanol–water partition coefficient (Wildman–Crippen LogP) is 4.31. The molecule has 2 aliphatic rings. The van der Waals surface area contributed by atoms with Crippen LogP contribution < -0.4 is 10.1 Å². The number of nitrogens with zero attached hydrogens (tertiary/aromatic N) is 1. The molecule has 142 valence electrons. The van der Waals surface area contributed by atoms with Gasteiger partial charge >= 0.3 is 0 Å². The first-order chi connectivity index (χ1) is 13.2. The molecule has 1 amide bonds. The normalized spacial score (nSPS) is 17.1. The molecule has 0 aromatic heterocycles. The Morgan fingerprint density at radius 3 is 2.70 bits per heavy atom. The fourth-order valence-corrected chi connectivity index (χ4v) is 3.85. The van der Waals surface area contributed by atoms with Crippen LogP contribution in [0.1, 0.15) is 30.4 Å². The summed E-state index contributed by atoms with van der Waals surface area (Å²) in [4.78, 5) is 13.9. The second kappa shape index (κ2) is 8.32. The minimum absolute atomic E-state index is 0.0989. The molecule has 0 saturated carbocycles. The lowest BCUT2D eigenvalue weighted by molar-refractivity contribution is -0.116. The molecule has 2 aliphatic heterocycles. The second-order valence-corrected chi connectivity index (χ2v) is 7.89. The number of hydrogen-bond acceptors (Lipinski definition) is 3. The molecule has 2 heterocycles. The summed E-state index contributed by atoms with van der Waals surface area (Å²) in [6, 6.07) is 14.1. The van der Waals surface area contributed by atoms with Gasteiger partial charge in [-0.2, -0.15) is 0 Å². The summed E-state index contributed by atoms with van der Waals surface area (Å²) in [6.45, 7) is 3.12. The van der Waals surface area contributed by atoms with Gasteiger partial charge in [0, 0.05) is 30.2 Å². The number of benzene rings is 2. The Morgan fingerprint density at radius 1 is 1.07 bits per heavy atom. The van der Waals surface area contributed by atoms with Crippen molar-refractivity contribution in [1.82, 2.24) is 4.90 Å². The molecule has 0 bridgehead atoms. The number of fused-ring (bicyclic) bond motifs is 1. The molecule has 1 saturated heterocycles. The Bertz CT molecular complexity index is 800. The lowest BCUT2D eigenvalue weighted by Crippen LogP contribution is -2.53. The zero-order valence-corrected chi connectivity index (χ0v) is 16.2. The van der Waals surface area contributed by atoms with Gasteiger partial charge in [-0.15, -0.1) is 0 Å². The van der Waals surface area contributed by atoms with Crippen LogP contribution >= 0.6 is 11.6 Å². The zero-order valence-electron chi connectivity index (χ0n) is 15.4. The summed E-state index contributed by atoms with van der Waals surface area (Å²) < 4.78 is 6.09. The Kier molecular flexibility index (Phi) is 5.65. The van der Waals surface area contributed by atoms with E-state index in [2.05, 4.69) is 28.4 Å². The molecule has 0 aliphatic carbocycles. The number of carbonyl (C=O) groups excluding carboxylic acids is 1. The Labute approximate surface area is 165 Å². The van der Waals surface area contributed by atoms with E-state index in [1.807, 2.05) is 24.3 Å². The van der Waals surface area contributed by atoms with Crippen molar-refractivity contribution in [3.8, 4) is 5.75 Å². The highest BCUT2D eigenvalue weighted by atomic mass is 35.5. The maximum atomic E-state index is 11.4. The molecule has 2 aromatic carbocycles. The van der Waals surface area contributed by atoms with Crippen LogP contribution in [0.15, 0.2) is 42.5 Å². The molecule has 0 spiro atoms. The third-order valence-electron chi connectivity index (χ3n) is 5.30. The third kappa shape index (κ3) is 4.82. The van der Waals surface area contributed by atoms with Crippen LogP contribution in [-0.2, 0) is 17.6 Å². The smallest absolute Gasteiger partial charge is 0.224 e. The molecule has 0 atom stereocenters. The van der Waals surface area contributed by atoms with Gasteiger partial charge in [-0.25, -0.2) is 0 Å². The SMILES string of the molecule is O=C1CCc2cc(OC3CN(CCCCc4ccc(Cl)cc4)C3)ccc2N1. The molecule has 27 heavy (non-hydrogen) atoms. The quantitative estimate of drug-likeness (QED) is 0.723. The van der Waals surface area contributed by atoms with E-state index in [1.165, 1.54) is 24.0 Å². The predicted molar refractivity (Wildman–Crippen MR) is 109 cm³/mol. The molecule has 0 unspecified atom stereocenters. The van der Waals surface area contributed by atoms with Crippen molar-refractivity contribution in [3.05, 3.63) is 58.6 Å². The number of hydrogen-bond donors (Lipinski definition) is 1. The molecular weight excluding hydrogens is 360 g/mol. The summed E-state index contributed by atoms with van der Waals surface area (Å²) in [6.07, 6.45) is 5.13. The molecule has 1 fully saturated rings. The molecule has 0 radical (unpaired) electrons. The number of carbonyl (C=O) groups is 1. The van der Waals surface area contributed by atoms with Crippen molar-refractivity contribution in [2.24, 2.45) is 0 Å². The number of amides is 1.